The Bertz CT molecular complexity index is 1150. The second-order valence-electron chi connectivity index (χ2n) is 7.12. The Kier molecular flexibility index (Phi) is 4.76. The van der Waals surface area contributed by atoms with E-state index >= 15 is 0 Å². The number of rotatable bonds is 4. The van der Waals surface area contributed by atoms with Gasteiger partial charge in [0.05, 0.1) is 11.1 Å². The van der Waals surface area contributed by atoms with Crippen molar-refractivity contribution in [2.24, 2.45) is 0 Å². The van der Waals surface area contributed by atoms with E-state index in [0.29, 0.717) is 10.8 Å². The molecule has 1 aliphatic carbocycles. The van der Waals surface area contributed by atoms with Crippen molar-refractivity contribution in [3.05, 3.63) is 52.6 Å². The van der Waals surface area contributed by atoms with E-state index in [-0.39, 0.29) is 47.3 Å². The van der Waals surface area contributed by atoms with Crippen LogP contribution in [0.4, 0.5) is 0 Å². The summed E-state index contributed by atoms with van der Waals surface area (Å²) in [5.41, 5.74) is -0.275. The van der Waals surface area contributed by atoms with Gasteiger partial charge >= 0.3 is 5.97 Å². The average Bonchev–Trinajstić information content (AvgIpc) is 2.71. The van der Waals surface area contributed by atoms with Gasteiger partial charge in [-0.05, 0) is 11.5 Å². The fourth-order valence-corrected chi connectivity index (χ4v) is 3.98. The molecule has 0 saturated heterocycles. The number of aliphatic hydroxyl groups is 1. The van der Waals surface area contributed by atoms with Crippen LogP contribution in [0.1, 0.15) is 47.4 Å². The monoisotopic (exact) mass is 410 g/mol. The van der Waals surface area contributed by atoms with Crippen LogP contribution in [0.2, 0.25) is 0 Å². The fraction of sp³-hybridized carbons (Fsp3) is 0.273. The predicted molar refractivity (Wildman–Crippen MR) is 103 cm³/mol. The highest BCUT2D eigenvalue weighted by molar-refractivity contribution is 6.30. The summed E-state index contributed by atoms with van der Waals surface area (Å²) in [6.45, 7) is 3.03. The molecule has 0 spiro atoms. The standard InChI is InChI=1S/C22H18O8/c1-3-22(28-10-23)9-15-17(21(27)30-22)18(25)14-8-12-6-4-5-7-13(12)20(29-11(2)24)16(14)19(15)26/h4-8,10,21,27H,3,9H2,1-2H3/t21-,22+/m1/s1. The van der Waals surface area contributed by atoms with Gasteiger partial charge in [0.25, 0.3) is 6.47 Å². The van der Waals surface area contributed by atoms with Crippen LogP contribution in [0, 0.1) is 0 Å². The maximum Gasteiger partial charge on any atom is 0.308 e. The zero-order valence-electron chi connectivity index (χ0n) is 16.3. The van der Waals surface area contributed by atoms with Gasteiger partial charge in [0, 0.05) is 36.3 Å². The number of hydrogen-bond donors (Lipinski definition) is 1. The largest absolute Gasteiger partial charge is 0.435 e. The zero-order valence-corrected chi connectivity index (χ0v) is 16.3. The van der Waals surface area contributed by atoms with Crippen LogP contribution in [-0.2, 0) is 19.1 Å². The molecule has 0 bridgehead atoms. The molecule has 4 rings (SSSR count). The normalized spacial score (nSPS) is 23.1. The van der Waals surface area contributed by atoms with E-state index in [9.17, 15) is 24.3 Å². The minimum Gasteiger partial charge on any atom is -0.435 e. The quantitative estimate of drug-likeness (QED) is 0.464. The molecule has 1 heterocycles. The first-order chi connectivity index (χ1) is 14.3. The molecule has 1 aliphatic heterocycles. The van der Waals surface area contributed by atoms with Gasteiger partial charge in [-0.2, -0.15) is 0 Å². The first-order valence-corrected chi connectivity index (χ1v) is 9.36. The third kappa shape index (κ3) is 2.92. The fourth-order valence-electron chi connectivity index (χ4n) is 3.98. The molecule has 0 aromatic heterocycles. The van der Waals surface area contributed by atoms with E-state index < -0.39 is 29.6 Å². The second-order valence-corrected chi connectivity index (χ2v) is 7.12. The SMILES string of the molecule is CC[C@@]1(OC=O)CC2=C(C(=O)c3cc4ccccc4c(OC(C)=O)c3C2=O)[C@H](O)O1. The summed E-state index contributed by atoms with van der Waals surface area (Å²) in [7, 11) is 0. The van der Waals surface area contributed by atoms with Crippen molar-refractivity contribution in [2.75, 3.05) is 0 Å². The van der Waals surface area contributed by atoms with Crippen LogP contribution >= 0.6 is 0 Å². The van der Waals surface area contributed by atoms with E-state index in [4.69, 9.17) is 14.2 Å². The van der Waals surface area contributed by atoms with Crippen molar-refractivity contribution >= 4 is 34.8 Å². The number of ketones is 2. The molecule has 1 N–H and O–H groups in total. The Labute approximate surface area is 171 Å². The smallest absolute Gasteiger partial charge is 0.308 e. The minimum absolute atomic E-state index is 0.0108. The Balaban J connectivity index is 1.97. The molecule has 2 atom stereocenters. The molecule has 2 aromatic carbocycles. The van der Waals surface area contributed by atoms with E-state index in [0.717, 1.165) is 0 Å². The lowest BCUT2D eigenvalue weighted by Crippen LogP contribution is -2.47. The third-order valence-electron chi connectivity index (χ3n) is 5.38. The molecule has 2 aliphatic rings. The van der Waals surface area contributed by atoms with Crippen LogP contribution in [0.3, 0.4) is 0 Å². The van der Waals surface area contributed by atoms with Gasteiger partial charge in [0.2, 0.25) is 5.79 Å². The van der Waals surface area contributed by atoms with Crippen LogP contribution in [0.25, 0.3) is 10.8 Å². The van der Waals surface area contributed by atoms with Crippen LogP contribution in [-0.4, -0.2) is 41.2 Å². The first kappa shape index (κ1) is 19.9. The molecule has 154 valence electrons. The summed E-state index contributed by atoms with van der Waals surface area (Å²) < 4.78 is 15.8. The minimum atomic E-state index is -1.75. The van der Waals surface area contributed by atoms with Gasteiger partial charge in [0.15, 0.2) is 23.6 Å². The zero-order chi connectivity index (χ0) is 21.6. The third-order valence-corrected chi connectivity index (χ3v) is 5.38. The van der Waals surface area contributed by atoms with Gasteiger partial charge in [-0.15, -0.1) is 0 Å². The van der Waals surface area contributed by atoms with Crippen molar-refractivity contribution in [3.8, 4) is 5.75 Å². The van der Waals surface area contributed by atoms with Gasteiger partial charge in [-0.3, -0.25) is 19.2 Å². The van der Waals surface area contributed by atoms with E-state index in [2.05, 4.69) is 0 Å². The maximum atomic E-state index is 13.5. The lowest BCUT2D eigenvalue weighted by molar-refractivity contribution is -0.277. The number of ether oxygens (including phenoxy) is 3. The summed E-state index contributed by atoms with van der Waals surface area (Å²) in [6, 6.07) is 8.40. The molecule has 8 heteroatoms. The maximum absolute atomic E-state index is 13.5. The van der Waals surface area contributed by atoms with Crippen molar-refractivity contribution in [1.29, 1.82) is 0 Å². The highest BCUT2D eigenvalue weighted by Crippen LogP contribution is 2.45. The topological polar surface area (TPSA) is 116 Å². The summed E-state index contributed by atoms with van der Waals surface area (Å²) in [6.07, 6.45) is -1.82. The molecule has 30 heavy (non-hydrogen) atoms. The Morgan fingerprint density at radius 3 is 2.70 bits per heavy atom. The Morgan fingerprint density at radius 2 is 2.03 bits per heavy atom. The van der Waals surface area contributed by atoms with E-state index in [1.165, 1.54) is 13.0 Å². The summed E-state index contributed by atoms with van der Waals surface area (Å²) in [5.74, 6) is -3.43. The Hall–Kier alpha value is -3.36. The lowest BCUT2D eigenvalue weighted by Gasteiger charge is -2.40. The lowest BCUT2D eigenvalue weighted by atomic mass is 9.78. The first-order valence-electron chi connectivity index (χ1n) is 9.36. The second kappa shape index (κ2) is 7.16. The highest BCUT2D eigenvalue weighted by Gasteiger charge is 2.49. The van der Waals surface area contributed by atoms with Crippen molar-refractivity contribution < 1.29 is 38.5 Å². The summed E-state index contributed by atoms with van der Waals surface area (Å²) >= 11 is 0. The predicted octanol–water partition coefficient (Wildman–Crippen LogP) is 2.46. The highest BCUT2D eigenvalue weighted by atomic mass is 16.8. The van der Waals surface area contributed by atoms with Gasteiger partial charge in [0.1, 0.15) is 0 Å². The van der Waals surface area contributed by atoms with Crippen molar-refractivity contribution in [3.63, 3.8) is 0 Å². The Morgan fingerprint density at radius 1 is 1.30 bits per heavy atom. The number of carbonyl (C=O) groups is 4. The van der Waals surface area contributed by atoms with Crippen LogP contribution < -0.4 is 4.74 Å². The van der Waals surface area contributed by atoms with Gasteiger partial charge in [-0.25, -0.2) is 0 Å². The average molecular weight is 410 g/mol. The number of aliphatic hydroxyl groups excluding tert-OH is 1. The van der Waals surface area contributed by atoms with Crippen molar-refractivity contribution in [2.45, 2.75) is 38.8 Å². The van der Waals surface area contributed by atoms with Gasteiger partial charge in [-0.1, -0.05) is 31.2 Å². The summed E-state index contributed by atoms with van der Waals surface area (Å²) in [5, 5.41) is 11.6. The summed E-state index contributed by atoms with van der Waals surface area (Å²) in [4.78, 5) is 49.4. The van der Waals surface area contributed by atoms with Crippen molar-refractivity contribution in [1.82, 2.24) is 0 Å². The molecule has 0 saturated carbocycles. The number of hydrogen-bond acceptors (Lipinski definition) is 8. The van der Waals surface area contributed by atoms with Crippen LogP contribution in [0.15, 0.2) is 41.5 Å². The number of benzene rings is 2. The van der Waals surface area contributed by atoms with E-state index in [1.807, 2.05) is 0 Å². The molecular weight excluding hydrogens is 392 g/mol. The molecule has 0 radical (unpaired) electrons. The molecule has 2 aromatic rings. The molecule has 0 fully saturated rings. The molecule has 0 amide bonds. The van der Waals surface area contributed by atoms with Gasteiger partial charge < -0.3 is 19.3 Å². The molecule has 0 unspecified atom stereocenters. The molecule has 8 nitrogen and oxygen atoms in total. The number of fused-ring (bicyclic) bond motifs is 2. The van der Waals surface area contributed by atoms with E-state index in [1.54, 1.807) is 31.2 Å². The number of Topliss-reactive ketones (excluding diaryl/α,β-unsaturated/α-hetero) is 2. The number of esters is 1. The van der Waals surface area contributed by atoms with Crippen LogP contribution in [0.5, 0.6) is 5.75 Å². The number of carbonyl (C=O) groups excluding carboxylic acids is 4. The molecular formula is C22H18O8.